The van der Waals surface area contributed by atoms with E-state index in [1.54, 1.807) is 24.3 Å². The Bertz CT molecular complexity index is 975. The molecule has 0 fully saturated rings. The van der Waals surface area contributed by atoms with Crippen molar-refractivity contribution < 1.29 is 23.8 Å². The van der Waals surface area contributed by atoms with Gasteiger partial charge in [0.05, 0.1) is 35.6 Å². The van der Waals surface area contributed by atoms with Gasteiger partial charge in [0, 0.05) is 12.1 Å². The van der Waals surface area contributed by atoms with Crippen molar-refractivity contribution >= 4 is 52.5 Å². The third kappa shape index (κ3) is 4.32. The van der Waals surface area contributed by atoms with E-state index in [-0.39, 0.29) is 17.5 Å². The van der Waals surface area contributed by atoms with Gasteiger partial charge in [-0.25, -0.2) is 0 Å². The molecule has 146 valence electrons. The first-order valence-corrected chi connectivity index (χ1v) is 8.83. The molecule has 0 radical (unpaired) electrons. The molecule has 2 aromatic rings. The molecule has 0 bridgehead atoms. The molecule has 1 aliphatic rings. The molecule has 0 saturated heterocycles. The molecule has 1 aliphatic heterocycles. The maximum Gasteiger partial charge on any atom is 0.262 e. The molecule has 1 heterocycles. The molecule has 9 heteroatoms. The van der Waals surface area contributed by atoms with Gasteiger partial charge in [-0.05, 0) is 29.8 Å². The van der Waals surface area contributed by atoms with E-state index in [0.717, 1.165) is 0 Å². The maximum atomic E-state index is 12.3. The number of amides is 2. The fraction of sp³-hybridized carbons (Fsp3) is 0.158. The zero-order chi connectivity index (χ0) is 20.3. The molecule has 0 spiro atoms. The second-order valence-corrected chi connectivity index (χ2v) is 6.54. The monoisotopic (exact) mass is 422 g/mol. The minimum atomic E-state index is -0.410. The number of benzene rings is 2. The number of halogens is 2. The van der Waals surface area contributed by atoms with Crippen molar-refractivity contribution in [1.29, 1.82) is 0 Å². The molecule has 2 N–H and O–H groups in total. The van der Waals surface area contributed by atoms with Crippen LogP contribution in [0.4, 0.5) is 11.4 Å². The van der Waals surface area contributed by atoms with E-state index in [9.17, 15) is 9.59 Å². The smallest absolute Gasteiger partial charge is 0.262 e. The Balaban J connectivity index is 1.76. The fourth-order valence-electron chi connectivity index (χ4n) is 2.58. The van der Waals surface area contributed by atoms with E-state index in [1.807, 2.05) is 0 Å². The maximum absolute atomic E-state index is 12.3. The number of fused-ring (bicyclic) bond motifs is 1. The van der Waals surface area contributed by atoms with Crippen LogP contribution < -0.4 is 24.8 Å². The molecular weight excluding hydrogens is 407 g/mol. The first-order chi connectivity index (χ1) is 13.4. The zero-order valence-corrected chi connectivity index (χ0v) is 16.5. The van der Waals surface area contributed by atoms with Gasteiger partial charge < -0.3 is 24.8 Å². The van der Waals surface area contributed by atoms with Crippen LogP contribution in [0.2, 0.25) is 10.0 Å². The summed E-state index contributed by atoms with van der Waals surface area (Å²) in [6.45, 7) is -0.0953. The summed E-state index contributed by atoms with van der Waals surface area (Å²) in [5.74, 6) is 0.616. The average molecular weight is 423 g/mol. The first-order valence-electron chi connectivity index (χ1n) is 8.08. The van der Waals surface area contributed by atoms with Crippen molar-refractivity contribution in [1.82, 2.24) is 0 Å². The summed E-state index contributed by atoms with van der Waals surface area (Å²) in [6.07, 6.45) is 2.90. The van der Waals surface area contributed by atoms with Crippen molar-refractivity contribution in [2.45, 2.75) is 0 Å². The summed E-state index contributed by atoms with van der Waals surface area (Å²) in [5.41, 5.74) is 1.46. The molecule has 0 atom stereocenters. The lowest BCUT2D eigenvalue weighted by Crippen LogP contribution is -2.25. The van der Waals surface area contributed by atoms with Crippen LogP contribution in [0.3, 0.4) is 0 Å². The van der Waals surface area contributed by atoms with Gasteiger partial charge in [0.1, 0.15) is 5.75 Å². The van der Waals surface area contributed by atoms with Gasteiger partial charge in [-0.15, -0.1) is 0 Å². The fourth-order valence-corrected chi connectivity index (χ4v) is 3.08. The Kier molecular flexibility index (Phi) is 5.96. The molecule has 2 amide bonds. The van der Waals surface area contributed by atoms with E-state index in [1.165, 1.54) is 26.4 Å². The number of hydrogen-bond acceptors (Lipinski definition) is 5. The highest BCUT2D eigenvalue weighted by Gasteiger charge is 2.18. The average Bonchev–Trinajstić information content (AvgIpc) is 2.66. The highest BCUT2D eigenvalue weighted by Crippen LogP contribution is 2.37. The van der Waals surface area contributed by atoms with Gasteiger partial charge in [0.2, 0.25) is 5.91 Å². The van der Waals surface area contributed by atoms with Gasteiger partial charge in [-0.2, -0.15) is 0 Å². The molecule has 7 nitrogen and oxygen atoms in total. The standard InChI is InChI=1S/C19H16Cl2N2O5/c1-26-16-6-10(5-12(21)19(16)27-2)3-4-17(24)22-13-8-15-14(7-11(13)20)23-18(25)9-28-15/h3-8H,9H2,1-2H3,(H,22,24)(H,23,25)/b4-3+. The largest absolute Gasteiger partial charge is 0.493 e. The number of ether oxygens (including phenoxy) is 3. The van der Waals surface area contributed by atoms with E-state index in [4.69, 9.17) is 37.4 Å². The van der Waals surface area contributed by atoms with Crippen molar-refractivity contribution in [3.8, 4) is 17.2 Å². The summed E-state index contributed by atoms with van der Waals surface area (Å²) in [4.78, 5) is 23.6. The van der Waals surface area contributed by atoms with Crippen molar-refractivity contribution in [3.05, 3.63) is 46.0 Å². The molecule has 28 heavy (non-hydrogen) atoms. The SMILES string of the molecule is COc1cc(/C=C/C(=O)Nc2cc3c(cc2Cl)NC(=O)CO3)cc(Cl)c1OC. The number of carbonyl (C=O) groups excluding carboxylic acids is 2. The van der Waals surface area contributed by atoms with E-state index < -0.39 is 5.91 Å². The lowest BCUT2D eigenvalue weighted by atomic mass is 10.2. The summed E-state index contributed by atoms with van der Waals surface area (Å²) < 4.78 is 15.7. The van der Waals surface area contributed by atoms with Crippen LogP contribution in [-0.4, -0.2) is 32.6 Å². The third-order valence-corrected chi connectivity index (χ3v) is 4.44. The molecule has 2 aromatic carbocycles. The second-order valence-electron chi connectivity index (χ2n) is 5.73. The van der Waals surface area contributed by atoms with Crippen molar-refractivity contribution in [2.24, 2.45) is 0 Å². The van der Waals surface area contributed by atoms with Crippen LogP contribution in [0.25, 0.3) is 6.08 Å². The van der Waals surface area contributed by atoms with E-state index in [0.29, 0.717) is 39.2 Å². The number of nitrogens with one attached hydrogen (secondary N) is 2. The third-order valence-electron chi connectivity index (χ3n) is 3.84. The summed E-state index contributed by atoms with van der Waals surface area (Å²) in [5, 5.41) is 5.94. The van der Waals surface area contributed by atoms with Crippen LogP contribution in [0, 0.1) is 0 Å². The van der Waals surface area contributed by atoms with Crippen LogP contribution >= 0.6 is 23.2 Å². The molecule has 0 unspecified atom stereocenters. The summed E-state index contributed by atoms with van der Waals surface area (Å²) >= 11 is 12.3. The van der Waals surface area contributed by atoms with Crippen LogP contribution in [-0.2, 0) is 9.59 Å². The van der Waals surface area contributed by atoms with Gasteiger partial charge in [-0.3, -0.25) is 9.59 Å². The lowest BCUT2D eigenvalue weighted by molar-refractivity contribution is -0.118. The van der Waals surface area contributed by atoms with Crippen molar-refractivity contribution in [3.63, 3.8) is 0 Å². The molecule has 0 aliphatic carbocycles. The molecule has 3 rings (SSSR count). The Morgan fingerprint density at radius 2 is 1.96 bits per heavy atom. The zero-order valence-electron chi connectivity index (χ0n) is 15.0. The number of carbonyl (C=O) groups is 2. The minimum absolute atomic E-state index is 0.0953. The van der Waals surface area contributed by atoms with E-state index in [2.05, 4.69) is 10.6 Å². The molecule has 0 saturated carbocycles. The predicted molar refractivity (Wildman–Crippen MR) is 108 cm³/mol. The van der Waals surface area contributed by atoms with Gasteiger partial charge in [-0.1, -0.05) is 23.2 Å². The van der Waals surface area contributed by atoms with Gasteiger partial charge >= 0.3 is 0 Å². The Morgan fingerprint density at radius 3 is 2.68 bits per heavy atom. The number of anilines is 2. The Morgan fingerprint density at radius 1 is 1.18 bits per heavy atom. The highest BCUT2D eigenvalue weighted by atomic mass is 35.5. The van der Waals surface area contributed by atoms with Crippen LogP contribution in [0.15, 0.2) is 30.3 Å². The molecular formula is C19H16Cl2N2O5. The van der Waals surface area contributed by atoms with E-state index >= 15 is 0 Å². The minimum Gasteiger partial charge on any atom is -0.493 e. The number of methoxy groups -OCH3 is 2. The van der Waals surface area contributed by atoms with Crippen molar-refractivity contribution in [2.75, 3.05) is 31.5 Å². The predicted octanol–water partition coefficient (Wildman–Crippen LogP) is 3.99. The Hall–Kier alpha value is -2.90. The number of rotatable bonds is 5. The second kappa shape index (κ2) is 8.41. The van der Waals surface area contributed by atoms with Crippen LogP contribution in [0.1, 0.15) is 5.56 Å². The lowest BCUT2D eigenvalue weighted by Gasteiger charge is -2.19. The number of hydrogen-bond donors (Lipinski definition) is 2. The normalized spacial score (nSPS) is 12.8. The summed E-state index contributed by atoms with van der Waals surface area (Å²) in [6, 6.07) is 6.41. The Labute approximate surface area is 171 Å². The quantitative estimate of drug-likeness (QED) is 0.711. The summed E-state index contributed by atoms with van der Waals surface area (Å²) in [7, 11) is 2.99. The first kappa shape index (κ1) is 19.9. The highest BCUT2D eigenvalue weighted by molar-refractivity contribution is 6.34. The molecule has 0 aromatic heterocycles. The van der Waals surface area contributed by atoms with Gasteiger partial charge in [0.15, 0.2) is 18.1 Å². The van der Waals surface area contributed by atoms with Gasteiger partial charge in [0.25, 0.3) is 5.91 Å². The van der Waals surface area contributed by atoms with Crippen LogP contribution in [0.5, 0.6) is 17.2 Å². The topological polar surface area (TPSA) is 85.9 Å².